The van der Waals surface area contributed by atoms with E-state index in [2.05, 4.69) is 5.32 Å². The predicted octanol–water partition coefficient (Wildman–Crippen LogP) is 3.43. The van der Waals surface area contributed by atoms with E-state index in [-0.39, 0.29) is 11.3 Å². The zero-order valence-corrected chi connectivity index (χ0v) is 11.2. The van der Waals surface area contributed by atoms with Crippen LogP contribution in [-0.4, -0.2) is 17.8 Å². The van der Waals surface area contributed by atoms with Crippen molar-refractivity contribution in [3.8, 4) is 0 Å². The van der Waals surface area contributed by atoms with E-state index in [1.807, 2.05) is 38.1 Å². The Kier molecular flexibility index (Phi) is 3.92. The SMILES string of the molecule is CC(C)C(Cl)CNC(=O)c1coc2ccccc12. The average Bonchev–Trinajstić information content (AvgIpc) is 2.79. The summed E-state index contributed by atoms with van der Waals surface area (Å²) in [6.07, 6.45) is 1.48. The van der Waals surface area contributed by atoms with Crippen LogP contribution in [0.15, 0.2) is 34.9 Å². The Hall–Kier alpha value is -1.48. The molecule has 0 bridgehead atoms. The van der Waals surface area contributed by atoms with E-state index >= 15 is 0 Å². The van der Waals surface area contributed by atoms with E-state index in [1.165, 1.54) is 6.26 Å². The Morgan fingerprint density at radius 1 is 1.39 bits per heavy atom. The molecule has 0 aliphatic rings. The third kappa shape index (κ3) is 2.67. The summed E-state index contributed by atoms with van der Waals surface area (Å²) < 4.78 is 5.33. The van der Waals surface area contributed by atoms with Gasteiger partial charge in [-0.15, -0.1) is 11.6 Å². The van der Waals surface area contributed by atoms with Gasteiger partial charge < -0.3 is 9.73 Å². The van der Waals surface area contributed by atoms with Crippen LogP contribution in [0.2, 0.25) is 0 Å². The van der Waals surface area contributed by atoms with Gasteiger partial charge in [0, 0.05) is 11.9 Å². The number of benzene rings is 1. The highest BCUT2D eigenvalue weighted by Crippen LogP contribution is 2.20. The van der Waals surface area contributed by atoms with Crippen LogP contribution in [-0.2, 0) is 0 Å². The molecule has 2 rings (SSSR count). The molecule has 0 aliphatic carbocycles. The minimum absolute atomic E-state index is 0.0629. The molecule has 0 aliphatic heterocycles. The van der Waals surface area contributed by atoms with E-state index < -0.39 is 0 Å². The summed E-state index contributed by atoms with van der Waals surface area (Å²) in [5.74, 6) is 0.180. The van der Waals surface area contributed by atoms with E-state index in [0.29, 0.717) is 23.6 Å². The van der Waals surface area contributed by atoms with E-state index in [4.69, 9.17) is 16.0 Å². The summed E-state index contributed by atoms with van der Waals surface area (Å²) in [6, 6.07) is 7.47. The normalized spacial score (nSPS) is 12.9. The van der Waals surface area contributed by atoms with Crippen LogP contribution in [0.1, 0.15) is 24.2 Å². The Bertz CT molecular complexity index is 547. The summed E-state index contributed by atoms with van der Waals surface area (Å²) in [4.78, 5) is 12.0. The maximum Gasteiger partial charge on any atom is 0.255 e. The summed E-state index contributed by atoms with van der Waals surface area (Å²) in [5, 5.41) is 3.59. The van der Waals surface area contributed by atoms with Crippen molar-refractivity contribution in [3.05, 3.63) is 36.1 Å². The van der Waals surface area contributed by atoms with Crippen molar-refractivity contribution in [3.63, 3.8) is 0 Å². The Balaban J connectivity index is 2.10. The molecule has 18 heavy (non-hydrogen) atoms. The number of hydrogen-bond acceptors (Lipinski definition) is 2. The molecule has 1 heterocycles. The van der Waals surface area contributed by atoms with Gasteiger partial charge in [-0.05, 0) is 12.0 Å². The van der Waals surface area contributed by atoms with E-state index in [0.717, 1.165) is 5.39 Å². The van der Waals surface area contributed by atoms with Gasteiger partial charge in [-0.25, -0.2) is 0 Å². The lowest BCUT2D eigenvalue weighted by Gasteiger charge is -2.13. The number of nitrogens with one attached hydrogen (secondary N) is 1. The zero-order valence-electron chi connectivity index (χ0n) is 10.4. The molecule has 96 valence electrons. The second-order valence-corrected chi connectivity index (χ2v) is 5.18. The number of furan rings is 1. The van der Waals surface area contributed by atoms with Gasteiger partial charge in [0.25, 0.3) is 5.91 Å². The number of alkyl halides is 1. The minimum atomic E-state index is -0.147. The summed E-state index contributed by atoms with van der Waals surface area (Å²) >= 11 is 6.10. The second kappa shape index (κ2) is 5.44. The number of carbonyl (C=O) groups is 1. The number of carbonyl (C=O) groups excluding carboxylic acids is 1. The van der Waals surface area contributed by atoms with Gasteiger partial charge in [-0.3, -0.25) is 4.79 Å². The fourth-order valence-electron chi connectivity index (χ4n) is 1.67. The van der Waals surface area contributed by atoms with Crippen molar-refractivity contribution in [2.45, 2.75) is 19.2 Å². The summed E-state index contributed by atoms with van der Waals surface area (Å²) in [7, 11) is 0. The highest BCUT2D eigenvalue weighted by Gasteiger charge is 2.15. The van der Waals surface area contributed by atoms with Crippen LogP contribution >= 0.6 is 11.6 Å². The molecule has 0 fully saturated rings. The van der Waals surface area contributed by atoms with Crippen LogP contribution < -0.4 is 5.32 Å². The summed E-state index contributed by atoms with van der Waals surface area (Å²) in [5.41, 5.74) is 1.27. The molecule has 3 nitrogen and oxygen atoms in total. The fraction of sp³-hybridized carbons (Fsp3) is 0.357. The fourth-order valence-corrected chi connectivity index (χ4v) is 1.75. The molecule has 0 radical (unpaired) electrons. The summed E-state index contributed by atoms with van der Waals surface area (Å²) in [6.45, 7) is 4.51. The van der Waals surface area contributed by atoms with Crippen LogP contribution in [0, 0.1) is 5.92 Å². The van der Waals surface area contributed by atoms with Crippen molar-refractivity contribution < 1.29 is 9.21 Å². The first-order chi connectivity index (χ1) is 8.59. The topological polar surface area (TPSA) is 42.2 Å². The van der Waals surface area contributed by atoms with Crippen molar-refractivity contribution >= 4 is 28.5 Å². The molecular weight excluding hydrogens is 250 g/mol. The van der Waals surface area contributed by atoms with Gasteiger partial charge in [0.1, 0.15) is 11.8 Å². The number of halogens is 1. The van der Waals surface area contributed by atoms with Crippen molar-refractivity contribution in [2.75, 3.05) is 6.54 Å². The van der Waals surface area contributed by atoms with Gasteiger partial charge >= 0.3 is 0 Å². The van der Waals surface area contributed by atoms with Crippen molar-refractivity contribution in [2.24, 2.45) is 5.92 Å². The van der Waals surface area contributed by atoms with E-state index in [9.17, 15) is 4.79 Å². The highest BCUT2D eigenvalue weighted by atomic mass is 35.5. The lowest BCUT2D eigenvalue weighted by atomic mass is 10.1. The van der Waals surface area contributed by atoms with Gasteiger partial charge in [0.2, 0.25) is 0 Å². The van der Waals surface area contributed by atoms with Gasteiger partial charge in [0.15, 0.2) is 0 Å². The predicted molar refractivity (Wildman–Crippen MR) is 73.0 cm³/mol. The van der Waals surface area contributed by atoms with Gasteiger partial charge in [-0.1, -0.05) is 32.0 Å². The van der Waals surface area contributed by atoms with Crippen LogP contribution in [0.3, 0.4) is 0 Å². The lowest BCUT2D eigenvalue weighted by Crippen LogP contribution is -2.31. The third-order valence-electron chi connectivity index (χ3n) is 2.91. The van der Waals surface area contributed by atoms with Crippen LogP contribution in [0.25, 0.3) is 11.0 Å². The smallest absolute Gasteiger partial charge is 0.255 e. The largest absolute Gasteiger partial charge is 0.463 e. The lowest BCUT2D eigenvalue weighted by molar-refractivity contribution is 0.0953. The average molecular weight is 266 g/mol. The third-order valence-corrected chi connectivity index (χ3v) is 3.56. The molecular formula is C14H16ClNO2. The maximum atomic E-state index is 12.0. The van der Waals surface area contributed by atoms with Crippen molar-refractivity contribution in [1.82, 2.24) is 5.32 Å². The first-order valence-corrected chi connectivity index (χ1v) is 6.41. The quantitative estimate of drug-likeness (QED) is 0.861. The molecule has 1 N–H and O–H groups in total. The molecule has 1 aromatic heterocycles. The van der Waals surface area contributed by atoms with Crippen LogP contribution in [0.5, 0.6) is 0 Å². The monoisotopic (exact) mass is 265 g/mol. The molecule has 0 saturated carbocycles. The molecule has 2 aromatic rings. The van der Waals surface area contributed by atoms with Gasteiger partial charge in [0.05, 0.1) is 10.9 Å². The maximum absolute atomic E-state index is 12.0. The first kappa shape index (κ1) is 13.0. The minimum Gasteiger partial charge on any atom is -0.463 e. The van der Waals surface area contributed by atoms with Crippen LogP contribution in [0.4, 0.5) is 0 Å². The standard InChI is InChI=1S/C14H16ClNO2/c1-9(2)12(15)7-16-14(17)11-8-18-13-6-4-3-5-10(11)13/h3-6,8-9,12H,7H2,1-2H3,(H,16,17). The Morgan fingerprint density at radius 3 is 2.83 bits per heavy atom. The highest BCUT2D eigenvalue weighted by molar-refractivity contribution is 6.21. The molecule has 0 saturated heterocycles. The van der Waals surface area contributed by atoms with Gasteiger partial charge in [-0.2, -0.15) is 0 Å². The number of fused-ring (bicyclic) bond motifs is 1. The molecule has 4 heteroatoms. The molecule has 1 aromatic carbocycles. The number of amides is 1. The zero-order chi connectivity index (χ0) is 13.1. The Morgan fingerprint density at radius 2 is 2.11 bits per heavy atom. The molecule has 0 spiro atoms. The molecule has 1 unspecified atom stereocenters. The number of para-hydroxylation sites is 1. The Labute approximate surface area is 111 Å². The van der Waals surface area contributed by atoms with Crippen molar-refractivity contribution in [1.29, 1.82) is 0 Å². The van der Waals surface area contributed by atoms with E-state index in [1.54, 1.807) is 0 Å². The first-order valence-electron chi connectivity index (χ1n) is 5.98. The second-order valence-electron chi connectivity index (χ2n) is 4.62. The molecule has 1 amide bonds. The molecule has 1 atom stereocenters. The number of hydrogen-bond donors (Lipinski definition) is 1. The number of rotatable bonds is 4.